The first-order valence-electron chi connectivity index (χ1n) is 13.1. The first-order chi connectivity index (χ1) is 20.6. The van der Waals surface area contributed by atoms with Crippen molar-refractivity contribution in [2.24, 2.45) is 0 Å². The summed E-state index contributed by atoms with van der Waals surface area (Å²) in [4.78, 5) is 42.8. The van der Waals surface area contributed by atoms with Crippen LogP contribution in [0.15, 0.2) is 112 Å². The summed E-state index contributed by atoms with van der Waals surface area (Å²) in [6, 6.07) is 24.9. The lowest BCUT2D eigenvalue weighted by Gasteiger charge is -2.34. The summed E-state index contributed by atoms with van der Waals surface area (Å²) in [6.45, 7) is 3.72. The standard InChI is InChI=1S/C32H25BrN2O7S/c1-3-41-28-20-22(19-27(33)29(28)42-43(39,40)25-16-14-21(2)15-17-25)18-26-30(36)34(23-10-6-4-7-11-23)32(38)35(31(26)37)24-12-8-5-9-13-24/h4-20H,3H2,1-2H3. The maximum absolute atomic E-state index is 13.7. The molecular formula is C32H25BrN2O7S. The molecule has 1 fully saturated rings. The highest BCUT2D eigenvalue weighted by Gasteiger charge is 2.43. The molecule has 4 amide bonds. The SMILES string of the molecule is CCOc1cc(C=C2C(=O)N(c3ccccc3)C(=O)N(c3ccccc3)C2=O)cc(Br)c1OS(=O)(=O)c1ccc(C)cc1. The lowest BCUT2D eigenvalue weighted by Crippen LogP contribution is -2.57. The number of rotatable bonds is 8. The van der Waals surface area contributed by atoms with E-state index in [0.717, 1.165) is 15.4 Å². The predicted octanol–water partition coefficient (Wildman–Crippen LogP) is 6.51. The van der Waals surface area contributed by atoms with Crippen molar-refractivity contribution in [3.8, 4) is 11.5 Å². The van der Waals surface area contributed by atoms with Crippen LogP contribution >= 0.6 is 15.9 Å². The molecule has 0 aromatic heterocycles. The average molecular weight is 662 g/mol. The number of ether oxygens (including phenoxy) is 1. The Kier molecular flexibility index (Phi) is 8.47. The summed E-state index contributed by atoms with van der Waals surface area (Å²) in [5, 5.41) is 0. The molecule has 11 heteroatoms. The minimum absolute atomic E-state index is 0.0382. The molecule has 1 aliphatic heterocycles. The summed E-state index contributed by atoms with van der Waals surface area (Å²) in [6.07, 6.45) is 1.33. The highest BCUT2D eigenvalue weighted by Crippen LogP contribution is 2.40. The van der Waals surface area contributed by atoms with Crippen LogP contribution in [0.5, 0.6) is 11.5 Å². The molecule has 0 radical (unpaired) electrons. The molecule has 0 atom stereocenters. The maximum Gasteiger partial charge on any atom is 0.343 e. The van der Waals surface area contributed by atoms with E-state index < -0.39 is 28.0 Å². The molecule has 1 heterocycles. The number of benzene rings is 4. The fourth-order valence-corrected chi connectivity index (χ4v) is 5.99. The van der Waals surface area contributed by atoms with E-state index in [0.29, 0.717) is 5.56 Å². The number of carbonyl (C=O) groups excluding carboxylic acids is 3. The van der Waals surface area contributed by atoms with Gasteiger partial charge in [-0.15, -0.1) is 0 Å². The van der Waals surface area contributed by atoms with Crippen molar-refractivity contribution < 1.29 is 31.7 Å². The Morgan fingerprint density at radius 2 is 1.33 bits per heavy atom. The third kappa shape index (κ3) is 6.08. The zero-order valence-electron chi connectivity index (χ0n) is 23.1. The molecule has 0 aliphatic carbocycles. The topological polar surface area (TPSA) is 110 Å². The van der Waals surface area contributed by atoms with Gasteiger partial charge in [0.15, 0.2) is 11.5 Å². The third-order valence-electron chi connectivity index (χ3n) is 6.42. The van der Waals surface area contributed by atoms with Gasteiger partial charge in [0.25, 0.3) is 11.8 Å². The molecule has 1 saturated heterocycles. The summed E-state index contributed by atoms with van der Waals surface area (Å²) in [5.74, 6) is -1.67. The van der Waals surface area contributed by atoms with Crippen LogP contribution in [0.4, 0.5) is 16.2 Å². The van der Waals surface area contributed by atoms with Crippen molar-refractivity contribution in [2.75, 3.05) is 16.4 Å². The van der Waals surface area contributed by atoms with E-state index in [2.05, 4.69) is 15.9 Å². The van der Waals surface area contributed by atoms with Crippen LogP contribution in [0.1, 0.15) is 18.1 Å². The Morgan fingerprint density at radius 3 is 1.84 bits per heavy atom. The van der Waals surface area contributed by atoms with Crippen molar-refractivity contribution in [2.45, 2.75) is 18.7 Å². The predicted molar refractivity (Wildman–Crippen MR) is 166 cm³/mol. The molecule has 218 valence electrons. The molecule has 1 aliphatic rings. The van der Waals surface area contributed by atoms with Gasteiger partial charge in [0.2, 0.25) is 0 Å². The van der Waals surface area contributed by atoms with Crippen LogP contribution in [-0.4, -0.2) is 32.9 Å². The normalized spacial score (nSPS) is 13.7. The highest BCUT2D eigenvalue weighted by atomic mass is 79.9. The van der Waals surface area contributed by atoms with E-state index in [-0.39, 0.29) is 44.4 Å². The summed E-state index contributed by atoms with van der Waals surface area (Å²) >= 11 is 3.36. The zero-order valence-corrected chi connectivity index (χ0v) is 25.5. The number of hydrogen-bond donors (Lipinski definition) is 0. The highest BCUT2D eigenvalue weighted by molar-refractivity contribution is 9.10. The van der Waals surface area contributed by atoms with E-state index in [1.54, 1.807) is 79.7 Å². The minimum atomic E-state index is -4.22. The number of nitrogens with zero attached hydrogens (tertiary/aromatic N) is 2. The van der Waals surface area contributed by atoms with E-state index in [4.69, 9.17) is 8.92 Å². The van der Waals surface area contributed by atoms with Gasteiger partial charge in [0.1, 0.15) is 10.5 Å². The lowest BCUT2D eigenvalue weighted by atomic mass is 10.0. The molecule has 0 bridgehead atoms. The summed E-state index contributed by atoms with van der Waals surface area (Å²) < 4.78 is 37.5. The third-order valence-corrected chi connectivity index (χ3v) is 8.25. The quantitative estimate of drug-likeness (QED) is 0.120. The van der Waals surface area contributed by atoms with E-state index in [9.17, 15) is 22.8 Å². The van der Waals surface area contributed by atoms with Crippen molar-refractivity contribution in [1.29, 1.82) is 0 Å². The molecule has 0 N–H and O–H groups in total. The Balaban J connectivity index is 1.59. The number of amides is 4. The van der Waals surface area contributed by atoms with Crippen LogP contribution < -0.4 is 18.7 Å². The van der Waals surface area contributed by atoms with Gasteiger partial charge in [-0.2, -0.15) is 8.42 Å². The second kappa shape index (κ2) is 12.2. The molecular weight excluding hydrogens is 636 g/mol. The first kappa shape index (κ1) is 29.7. The number of aryl methyl sites for hydroxylation is 1. The van der Waals surface area contributed by atoms with E-state index in [1.165, 1.54) is 30.3 Å². The molecule has 43 heavy (non-hydrogen) atoms. The average Bonchev–Trinajstić information content (AvgIpc) is 2.98. The summed E-state index contributed by atoms with van der Waals surface area (Å²) in [5.41, 5.74) is 1.50. The number of barbiturate groups is 1. The maximum atomic E-state index is 13.7. The Labute approximate surface area is 257 Å². The van der Waals surface area contributed by atoms with Gasteiger partial charge in [0, 0.05) is 0 Å². The van der Waals surface area contributed by atoms with Crippen molar-refractivity contribution >= 4 is 61.3 Å². The fourth-order valence-electron chi connectivity index (χ4n) is 4.38. The number of carbonyl (C=O) groups is 3. The molecule has 4 aromatic carbocycles. The molecule has 4 aromatic rings. The van der Waals surface area contributed by atoms with Crippen LogP contribution in [0.25, 0.3) is 6.08 Å². The number of anilines is 2. The van der Waals surface area contributed by atoms with Crippen LogP contribution in [0.2, 0.25) is 0 Å². The zero-order chi connectivity index (χ0) is 30.7. The second-order valence-corrected chi connectivity index (χ2v) is 11.8. The molecule has 0 saturated carbocycles. The molecule has 5 rings (SSSR count). The number of halogens is 1. The molecule has 0 unspecified atom stereocenters. The van der Waals surface area contributed by atoms with E-state index >= 15 is 0 Å². The van der Waals surface area contributed by atoms with Gasteiger partial charge >= 0.3 is 16.1 Å². The Hall–Kier alpha value is -4.74. The van der Waals surface area contributed by atoms with Crippen molar-refractivity contribution in [3.63, 3.8) is 0 Å². The number of para-hydroxylation sites is 2. The van der Waals surface area contributed by atoms with Crippen LogP contribution in [0, 0.1) is 6.92 Å². The van der Waals surface area contributed by atoms with Gasteiger partial charge in [-0.25, -0.2) is 14.6 Å². The first-order valence-corrected chi connectivity index (χ1v) is 15.3. The minimum Gasteiger partial charge on any atom is -0.490 e. The molecule has 9 nitrogen and oxygen atoms in total. The molecule has 0 spiro atoms. The van der Waals surface area contributed by atoms with Gasteiger partial charge in [-0.1, -0.05) is 54.1 Å². The van der Waals surface area contributed by atoms with Gasteiger partial charge < -0.3 is 8.92 Å². The Morgan fingerprint density at radius 1 is 0.791 bits per heavy atom. The van der Waals surface area contributed by atoms with Crippen molar-refractivity contribution in [3.05, 3.63) is 118 Å². The van der Waals surface area contributed by atoms with Crippen LogP contribution in [-0.2, 0) is 19.7 Å². The van der Waals surface area contributed by atoms with Crippen molar-refractivity contribution in [1.82, 2.24) is 0 Å². The largest absolute Gasteiger partial charge is 0.490 e. The number of imide groups is 2. The lowest BCUT2D eigenvalue weighted by molar-refractivity contribution is -0.121. The van der Waals surface area contributed by atoms with Gasteiger partial charge in [0.05, 0.1) is 22.5 Å². The second-order valence-electron chi connectivity index (χ2n) is 9.41. The van der Waals surface area contributed by atoms with Gasteiger partial charge in [-0.05, 0) is 89.9 Å². The monoisotopic (exact) mass is 660 g/mol. The van der Waals surface area contributed by atoms with Crippen LogP contribution in [0.3, 0.4) is 0 Å². The Bertz CT molecular complexity index is 1780. The number of urea groups is 1. The fraction of sp³-hybridized carbons (Fsp3) is 0.0938. The van der Waals surface area contributed by atoms with E-state index in [1.807, 2.05) is 6.92 Å². The summed E-state index contributed by atoms with van der Waals surface area (Å²) in [7, 11) is -4.22. The smallest absolute Gasteiger partial charge is 0.343 e. The van der Waals surface area contributed by atoms with Gasteiger partial charge in [-0.3, -0.25) is 9.59 Å². The number of hydrogen-bond acceptors (Lipinski definition) is 7.